The van der Waals surface area contributed by atoms with Gasteiger partial charge in [0, 0.05) is 0 Å². The van der Waals surface area contributed by atoms with Gasteiger partial charge < -0.3 is 0 Å². The third-order valence-electron chi connectivity index (χ3n) is 2.65. The predicted molar refractivity (Wildman–Crippen MR) is 74.3 cm³/mol. The van der Waals surface area contributed by atoms with Gasteiger partial charge in [-0.25, -0.2) is 5.10 Å². The zero-order valence-electron chi connectivity index (χ0n) is 11.2. The fourth-order valence-electron chi connectivity index (χ4n) is 1.76. The highest BCUT2D eigenvalue weighted by atomic mass is 16.2. The summed E-state index contributed by atoms with van der Waals surface area (Å²) < 4.78 is 0. The molecule has 2 aromatic rings. The molecule has 0 aliphatic heterocycles. The van der Waals surface area contributed by atoms with E-state index >= 15 is 0 Å². The number of hydrogen-bond acceptors (Lipinski definition) is 6. The average molecular weight is 288 g/mol. The number of carbonyl (C=O) groups is 2. The largest absolute Gasteiger partial charge is 0.300 e. The van der Waals surface area contributed by atoms with Gasteiger partial charge in [0.1, 0.15) is 12.3 Å². The summed E-state index contributed by atoms with van der Waals surface area (Å²) in [4.78, 5) is 46.5. The number of fused-ring (bicyclic) bond motifs is 1. The van der Waals surface area contributed by atoms with Gasteiger partial charge in [-0.2, -0.15) is 5.11 Å². The van der Waals surface area contributed by atoms with Crippen LogP contribution in [0.15, 0.2) is 44.2 Å². The van der Waals surface area contributed by atoms with Gasteiger partial charge in [-0.15, -0.1) is 4.79 Å². The Kier molecular flexibility index (Phi) is 4.17. The molecule has 0 amide bonds. The number of ketones is 2. The van der Waals surface area contributed by atoms with Crippen molar-refractivity contribution in [2.75, 3.05) is 6.54 Å². The highest BCUT2D eigenvalue weighted by Crippen LogP contribution is 2.02. The summed E-state index contributed by atoms with van der Waals surface area (Å²) in [7, 11) is 0. The third-order valence-corrected chi connectivity index (χ3v) is 2.65. The Bertz CT molecular complexity index is 847. The molecule has 21 heavy (non-hydrogen) atoms. The number of aromatic amines is 1. The average Bonchev–Trinajstić information content (AvgIpc) is 2.43. The van der Waals surface area contributed by atoms with Crippen LogP contribution in [0, 0.1) is 0 Å². The summed E-state index contributed by atoms with van der Waals surface area (Å²) in [5.74, 6) is -0.686. The van der Waals surface area contributed by atoms with Gasteiger partial charge in [0.2, 0.25) is 0 Å². The maximum absolute atomic E-state index is 12.0. The molecule has 108 valence electrons. The number of rotatable bonds is 5. The van der Waals surface area contributed by atoms with Crippen molar-refractivity contribution in [1.29, 1.82) is 0 Å². The first-order chi connectivity index (χ1) is 9.99. The van der Waals surface area contributed by atoms with E-state index in [2.05, 4.69) is 15.4 Å². The Labute approximate surface area is 118 Å². The Hall–Kier alpha value is -2.90. The minimum atomic E-state index is -0.548. The van der Waals surface area contributed by atoms with Gasteiger partial charge in [-0.1, -0.05) is 12.1 Å². The number of nitrogens with zero attached hydrogens (tertiary/aromatic N) is 3. The number of hydrogen-bond donors (Lipinski definition) is 1. The number of nitrogens with one attached hydrogen (secondary N) is 1. The van der Waals surface area contributed by atoms with E-state index in [-0.39, 0.29) is 29.5 Å². The van der Waals surface area contributed by atoms with Crippen molar-refractivity contribution in [3.63, 3.8) is 0 Å². The SMILES string of the molecule is CC(=O)CC(=O)CN=Nn1[nH]c(=O)c2ccccc2c1=O. The van der Waals surface area contributed by atoms with Crippen molar-refractivity contribution >= 4 is 22.3 Å². The number of benzene rings is 1. The number of carbonyl (C=O) groups excluding carboxylic acids is 2. The van der Waals surface area contributed by atoms with E-state index in [9.17, 15) is 19.2 Å². The first-order valence-corrected chi connectivity index (χ1v) is 6.12. The van der Waals surface area contributed by atoms with Crippen molar-refractivity contribution in [2.24, 2.45) is 10.3 Å². The maximum Gasteiger partial charge on any atom is 0.295 e. The highest BCUT2D eigenvalue weighted by Gasteiger charge is 2.07. The van der Waals surface area contributed by atoms with Crippen molar-refractivity contribution < 1.29 is 9.59 Å². The van der Waals surface area contributed by atoms with Gasteiger partial charge in [0.15, 0.2) is 5.78 Å². The molecule has 0 spiro atoms. The van der Waals surface area contributed by atoms with Crippen LogP contribution in [0.1, 0.15) is 13.3 Å². The van der Waals surface area contributed by atoms with E-state index in [1.807, 2.05) is 0 Å². The smallest absolute Gasteiger partial charge is 0.295 e. The maximum atomic E-state index is 12.0. The van der Waals surface area contributed by atoms with Crippen molar-refractivity contribution in [2.45, 2.75) is 13.3 Å². The van der Waals surface area contributed by atoms with Crippen LogP contribution in [-0.4, -0.2) is 28.0 Å². The molecule has 0 aliphatic carbocycles. The lowest BCUT2D eigenvalue weighted by molar-refractivity contribution is -0.125. The Morgan fingerprint density at radius 3 is 2.52 bits per heavy atom. The van der Waals surface area contributed by atoms with Gasteiger partial charge in [-0.05, 0) is 24.3 Å². The first kappa shape index (κ1) is 14.5. The van der Waals surface area contributed by atoms with Crippen LogP contribution < -0.4 is 11.1 Å². The Balaban J connectivity index is 2.29. The molecule has 0 unspecified atom stereocenters. The summed E-state index contributed by atoms with van der Waals surface area (Å²) in [5, 5.41) is 9.72. The van der Waals surface area contributed by atoms with Gasteiger partial charge in [0.25, 0.3) is 11.1 Å². The summed E-state index contributed by atoms with van der Waals surface area (Å²) in [6, 6.07) is 6.29. The van der Waals surface area contributed by atoms with Crippen LogP contribution in [0.3, 0.4) is 0 Å². The van der Waals surface area contributed by atoms with Crippen molar-refractivity contribution in [3.05, 3.63) is 45.0 Å². The predicted octanol–water partition coefficient (Wildman–Crippen LogP) is 0.453. The summed E-state index contributed by atoms with van der Waals surface area (Å²) in [6.07, 6.45) is -0.234. The number of Topliss-reactive ketones (excluding diaryl/α,β-unsaturated/α-hetero) is 2. The normalized spacial score (nSPS) is 11.1. The quantitative estimate of drug-likeness (QED) is 0.635. The lowest BCUT2D eigenvalue weighted by Crippen LogP contribution is -2.27. The fraction of sp³-hybridized carbons (Fsp3) is 0.231. The van der Waals surface area contributed by atoms with Crippen molar-refractivity contribution in [1.82, 2.24) is 9.89 Å². The molecule has 8 nitrogen and oxygen atoms in total. The van der Waals surface area contributed by atoms with Crippen LogP contribution in [0.2, 0.25) is 0 Å². The van der Waals surface area contributed by atoms with E-state index in [1.165, 1.54) is 19.1 Å². The van der Waals surface area contributed by atoms with Gasteiger partial charge >= 0.3 is 0 Å². The van der Waals surface area contributed by atoms with Crippen LogP contribution >= 0.6 is 0 Å². The standard InChI is InChI=1S/C13H12N4O4/c1-8(18)6-9(19)7-14-16-17-13(21)11-5-3-2-4-10(11)12(20)15-17/h2-5H,6-7H2,1H3,(H,15,20). The molecule has 8 heteroatoms. The zero-order valence-corrected chi connectivity index (χ0v) is 11.2. The topological polar surface area (TPSA) is 114 Å². The molecule has 1 aromatic heterocycles. The first-order valence-electron chi connectivity index (χ1n) is 6.12. The van der Waals surface area contributed by atoms with E-state index in [4.69, 9.17) is 0 Å². The number of H-pyrrole nitrogens is 1. The molecular formula is C13H12N4O4. The summed E-state index contributed by atoms with van der Waals surface area (Å²) >= 11 is 0. The molecule has 0 saturated heterocycles. The molecule has 1 N–H and O–H groups in total. The van der Waals surface area contributed by atoms with Crippen LogP contribution in [0.25, 0.3) is 10.8 Å². The molecule has 0 aliphatic rings. The summed E-state index contributed by atoms with van der Waals surface area (Å²) in [6.45, 7) is 0.960. The monoisotopic (exact) mass is 288 g/mol. The lowest BCUT2D eigenvalue weighted by atomic mass is 10.2. The highest BCUT2D eigenvalue weighted by molar-refractivity contribution is 5.98. The van der Waals surface area contributed by atoms with Gasteiger partial charge in [0.05, 0.1) is 17.2 Å². The molecule has 2 rings (SSSR count). The van der Waals surface area contributed by atoms with Crippen LogP contribution in [0.4, 0.5) is 0 Å². The molecule has 0 radical (unpaired) electrons. The fourth-order valence-corrected chi connectivity index (χ4v) is 1.76. The molecule has 0 atom stereocenters. The van der Waals surface area contributed by atoms with Gasteiger partial charge in [-0.3, -0.25) is 19.2 Å². The summed E-state index contributed by atoms with van der Waals surface area (Å²) in [5.41, 5.74) is -1.04. The molecular weight excluding hydrogens is 276 g/mol. The minimum Gasteiger partial charge on any atom is -0.300 e. The second kappa shape index (κ2) is 6.04. The molecule has 1 aromatic carbocycles. The molecule has 1 heterocycles. The minimum absolute atomic E-state index is 0.204. The second-order valence-electron chi connectivity index (χ2n) is 4.41. The molecule has 0 saturated carbocycles. The molecule has 0 fully saturated rings. The van der Waals surface area contributed by atoms with E-state index in [0.717, 1.165) is 0 Å². The van der Waals surface area contributed by atoms with E-state index in [1.54, 1.807) is 12.1 Å². The lowest BCUT2D eigenvalue weighted by Gasteiger charge is -1.99. The zero-order chi connectivity index (χ0) is 15.4. The molecule has 0 bridgehead atoms. The Morgan fingerprint density at radius 1 is 1.19 bits per heavy atom. The van der Waals surface area contributed by atoms with Crippen LogP contribution in [-0.2, 0) is 9.59 Å². The Morgan fingerprint density at radius 2 is 1.86 bits per heavy atom. The second-order valence-corrected chi connectivity index (χ2v) is 4.41. The van der Waals surface area contributed by atoms with E-state index in [0.29, 0.717) is 4.79 Å². The van der Waals surface area contributed by atoms with E-state index < -0.39 is 16.9 Å². The van der Waals surface area contributed by atoms with Crippen LogP contribution in [0.5, 0.6) is 0 Å². The third kappa shape index (κ3) is 3.35. The number of aromatic nitrogens is 2. The van der Waals surface area contributed by atoms with Crippen molar-refractivity contribution in [3.8, 4) is 0 Å².